The lowest BCUT2D eigenvalue weighted by atomic mass is 9.87. The smallest absolute Gasteiger partial charge is 0.480 e. The number of rotatable bonds is 10. The zero-order valence-corrected chi connectivity index (χ0v) is 25.0. The lowest BCUT2D eigenvalue weighted by molar-refractivity contribution is -0.139. The van der Waals surface area contributed by atoms with Gasteiger partial charge in [-0.15, -0.1) is 0 Å². The molecule has 12 heteroatoms. The maximum Gasteiger partial charge on any atom is 0.514 e. The van der Waals surface area contributed by atoms with Crippen molar-refractivity contribution in [1.29, 1.82) is 0 Å². The van der Waals surface area contributed by atoms with Crippen LogP contribution in [0.3, 0.4) is 0 Å². The lowest BCUT2D eigenvalue weighted by Gasteiger charge is -2.27. The minimum Gasteiger partial charge on any atom is -0.480 e. The van der Waals surface area contributed by atoms with Gasteiger partial charge >= 0.3 is 24.4 Å². The van der Waals surface area contributed by atoms with E-state index in [-0.39, 0.29) is 17.9 Å². The van der Waals surface area contributed by atoms with Gasteiger partial charge in [0.15, 0.2) is 11.5 Å². The van der Waals surface area contributed by atoms with E-state index in [2.05, 4.69) is 0 Å². The topological polar surface area (TPSA) is 170 Å². The number of carbonyl (C=O) groups is 4. The number of hydrogen-bond acceptors (Lipinski definition) is 11. The first-order chi connectivity index (χ1) is 18.1. The Morgan fingerprint density at radius 3 is 1.77 bits per heavy atom. The van der Waals surface area contributed by atoms with Crippen molar-refractivity contribution in [1.82, 2.24) is 0 Å². The summed E-state index contributed by atoms with van der Waals surface area (Å²) in [5, 5.41) is 9.67. The molecule has 0 aliphatic carbocycles. The summed E-state index contributed by atoms with van der Waals surface area (Å²) >= 11 is 0. The zero-order valence-electron chi connectivity index (χ0n) is 25.0. The number of aliphatic carboxylic acids is 1. The molecule has 1 aromatic rings. The van der Waals surface area contributed by atoms with Crippen molar-refractivity contribution in [3.63, 3.8) is 0 Å². The molecule has 3 atom stereocenters. The molecular weight excluding hydrogens is 526 g/mol. The second-order valence-corrected chi connectivity index (χ2v) is 11.9. The molecule has 0 radical (unpaired) electrons. The Labute approximate surface area is 235 Å². The molecule has 0 spiro atoms. The summed E-state index contributed by atoms with van der Waals surface area (Å²) in [5.41, 5.74) is 3.83. The first kappa shape index (κ1) is 34.5. The SMILES string of the molecule is CCC(C)(C)OC(=O)OC(C)CC(c1ccc(OC(=O)OC(C)(C)C)c(OC(=O)OC(C)(C)C)c1)[C@H](N)C(=O)O. The van der Waals surface area contributed by atoms with Crippen LogP contribution in [0, 0.1) is 0 Å². The molecular formula is C28H43NO11. The molecule has 12 nitrogen and oxygen atoms in total. The molecule has 0 aromatic heterocycles. The first-order valence-corrected chi connectivity index (χ1v) is 13.0. The van der Waals surface area contributed by atoms with Gasteiger partial charge in [-0.2, -0.15) is 0 Å². The summed E-state index contributed by atoms with van der Waals surface area (Å²) in [6, 6.07) is 2.65. The molecule has 0 heterocycles. The number of nitrogens with two attached hydrogens (primary N) is 1. The fourth-order valence-electron chi connectivity index (χ4n) is 3.19. The van der Waals surface area contributed by atoms with Crippen LogP contribution in [-0.4, -0.2) is 58.5 Å². The van der Waals surface area contributed by atoms with E-state index in [0.29, 0.717) is 12.0 Å². The number of carbonyl (C=O) groups excluding carboxylic acids is 3. The summed E-state index contributed by atoms with van der Waals surface area (Å²) in [4.78, 5) is 48.9. The molecule has 1 rings (SSSR count). The Bertz CT molecular complexity index is 1050. The average molecular weight is 570 g/mol. The number of carboxylic acid groups (broad SMARTS) is 1. The molecule has 226 valence electrons. The lowest BCUT2D eigenvalue weighted by Crippen LogP contribution is -2.38. The maximum absolute atomic E-state index is 12.4. The Balaban J connectivity index is 3.37. The second kappa shape index (κ2) is 13.7. The third-order valence-electron chi connectivity index (χ3n) is 5.37. The van der Waals surface area contributed by atoms with E-state index in [4.69, 9.17) is 34.2 Å². The van der Waals surface area contributed by atoms with Gasteiger partial charge in [0.2, 0.25) is 0 Å². The second-order valence-electron chi connectivity index (χ2n) is 11.9. The van der Waals surface area contributed by atoms with Crippen molar-refractivity contribution in [3.05, 3.63) is 23.8 Å². The molecule has 40 heavy (non-hydrogen) atoms. The largest absolute Gasteiger partial charge is 0.514 e. The Morgan fingerprint density at radius 1 is 0.825 bits per heavy atom. The van der Waals surface area contributed by atoms with Crippen LogP contribution in [0.25, 0.3) is 0 Å². The molecule has 0 aliphatic rings. The van der Waals surface area contributed by atoms with Gasteiger partial charge in [0.1, 0.15) is 28.9 Å². The van der Waals surface area contributed by atoms with E-state index in [1.807, 2.05) is 6.92 Å². The van der Waals surface area contributed by atoms with Gasteiger partial charge in [-0.1, -0.05) is 13.0 Å². The van der Waals surface area contributed by atoms with Crippen LogP contribution >= 0.6 is 0 Å². The highest BCUT2D eigenvalue weighted by molar-refractivity contribution is 5.75. The summed E-state index contributed by atoms with van der Waals surface area (Å²) in [6.07, 6.45) is -3.31. The van der Waals surface area contributed by atoms with Crippen molar-refractivity contribution < 1.29 is 52.7 Å². The summed E-state index contributed by atoms with van der Waals surface area (Å²) < 4.78 is 31.6. The van der Waals surface area contributed by atoms with Crippen molar-refractivity contribution >= 4 is 24.4 Å². The molecule has 0 saturated carbocycles. The standard InChI is InChI=1S/C28H43NO11/c1-11-28(9,10)40-23(32)35-16(2)14-18(21(29)22(30)31)17-12-13-19(36-24(33)38-26(3,4)5)20(15-17)37-25(34)39-27(6,7)8/h12-13,15-16,18,21H,11,14,29H2,1-10H3,(H,30,31)/t16?,18?,21-/m0/s1. The highest BCUT2D eigenvalue weighted by atomic mass is 16.8. The Hall–Kier alpha value is -3.54. The number of ether oxygens (including phenoxy) is 6. The fraction of sp³-hybridized carbons (Fsp3) is 0.643. The van der Waals surface area contributed by atoms with Gasteiger partial charge in [-0.25, -0.2) is 14.4 Å². The predicted molar refractivity (Wildman–Crippen MR) is 145 cm³/mol. The van der Waals surface area contributed by atoms with Gasteiger partial charge in [0.05, 0.1) is 0 Å². The van der Waals surface area contributed by atoms with E-state index in [9.17, 15) is 24.3 Å². The highest BCUT2D eigenvalue weighted by Gasteiger charge is 2.32. The van der Waals surface area contributed by atoms with Crippen LogP contribution < -0.4 is 15.2 Å². The predicted octanol–water partition coefficient (Wildman–Crippen LogP) is 5.93. The van der Waals surface area contributed by atoms with Crippen LogP contribution in [0.4, 0.5) is 14.4 Å². The minimum absolute atomic E-state index is 0.0206. The van der Waals surface area contributed by atoms with Gasteiger partial charge in [-0.05, 0) is 92.9 Å². The maximum atomic E-state index is 12.4. The van der Waals surface area contributed by atoms with Crippen molar-refractivity contribution in [2.24, 2.45) is 5.73 Å². The average Bonchev–Trinajstić information content (AvgIpc) is 2.75. The Morgan fingerprint density at radius 2 is 1.32 bits per heavy atom. The van der Waals surface area contributed by atoms with Crippen LogP contribution in [0.2, 0.25) is 0 Å². The summed E-state index contributed by atoms with van der Waals surface area (Å²) in [6.45, 7) is 16.7. The molecule has 0 aliphatic heterocycles. The molecule has 0 fully saturated rings. The highest BCUT2D eigenvalue weighted by Crippen LogP contribution is 2.35. The zero-order chi connectivity index (χ0) is 31.1. The van der Waals surface area contributed by atoms with Crippen LogP contribution in [0.1, 0.15) is 93.6 Å². The number of benzene rings is 1. The fourth-order valence-corrected chi connectivity index (χ4v) is 3.19. The van der Waals surface area contributed by atoms with Crippen molar-refractivity contribution in [3.8, 4) is 11.5 Å². The van der Waals surface area contributed by atoms with Crippen molar-refractivity contribution in [2.75, 3.05) is 0 Å². The van der Waals surface area contributed by atoms with Crippen LogP contribution in [-0.2, 0) is 23.7 Å². The normalized spacial score (nSPS) is 14.3. The van der Waals surface area contributed by atoms with E-state index < -0.39 is 59.3 Å². The number of carboxylic acids is 1. The Kier molecular flexibility index (Phi) is 11.8. The van der Waals surface area contributed by atoms with Gasteiger partial charge in [0, 0.05) is 5.92 Å². The van der Waals surface area contributed by atoms with E-state index in [0.717, 1.165) is 0 Å². The molecule has 0 amide bonds. The first-order valence-electron chi connectivity index (χ1n) is 13.0. The summed E-state index contributed by atoms with van der Waals surface area (Å²) in [7, 11) is 0. The van der Waals surface area contributed by atoms with Crippen LogP contribution in [0.15, 0.2) is 18.2 Å². The molecule has 0 bridgehead atoms. The number of hydrogen-bond donors (Lipinski definition) is 2. The third kappa shape index (κ3) is 12.5. The molecule has 2 unspecified atom stereocenters. The quantitative estimate of drug-likeness (QED) is 0.194. The van der Waals surface area contributed by atoms with Gasteiger partial charge < -0.3 is 39.3 Å². The van der Waals surface area contributed by atoms with E-state index in [1.54, 1.807) is 62.3 Å². The van der Waals surface area contributed by atoms with Gasteiger partial charge in [0.25, 0.3) is 0 Å². The molecule has 3 N–H and O–H groups in total. The minimum atomic E-state index is -1.43. The summed E-state index contributed by atoms with van der Waals surface area (Å²) in [5.74, 6) is -2.65. The monoisotopic (exact) mass is 569 g/mol. The molecule has 0 saturated heterocycles. The van der Waals surface area contributed by atoms with E-state index >= 15 is 0 Å². The molecule has 1 aromatic carbocycles. The van der Waals surface area contributed by atoms with E-state index in [1.165, 1.54) is 18.2 Å². The van der Waals surface area contributed by atoms with Crippen LogP contribution in [0.5, 0.6) is 11.5 Å². The van der Waals surface area contributed by atoms with Crippen molar-refractivity contribution in [2.45, 2.75) is 117 Å². The third-order valence-corrected chi connectivity index (χ3v) is 5.37. The van der Waals surface area contributed by atoms with Gasteiger partial charge in [-0.3, -0.25) is 4.79 Å².